The van der Waals surface area contributed by atoms with Gasteiger partial charge in [0.25, 0.3) is 0 Å². The molecule has 4 rings (SSSR count). The van der Waals surface area contributed by atoms with Gasteiger partial charge >= 0.3 is 0 Å². The number of hydrogen-bond acceptors (Lipinski definition) is 5. The lowest BCUT2D eigenvalue weighted by atomic mass is 9.94. The monoisotopic (exact) mass is 409 g/mol. The molecule has 0 aliphatic rings. The van der Waals surface area contributed by atoms with Crippen molar-refractivity contribution in [3.8, 4) is 22.4 Å². The van der Waals surface area contributed by atoms with Crippen LogP contribution in [-0.2, 0) is 6.42 Å². The van der Waals surface area contributed by atoms with E-state index in [2.05, 4.69) is 58.6 Å². The van der Waals surface area contributed by atoms with Gasteiger partial charge in [0.2, 0.25) is 5.95 Å². The summed E-state index contributed by atoms with van der Waals surface area (Å²) in [4.78, 5) is 13.6. The second-order valence-electron chi connectivity index (χ2n) is 8.23. The van der Waals surface area contributed by atoms with Crippen molar-refractivity contribution in [3.05, 3.63) is 96.4 Å². The first-order chi connectivity index (χ1) is 15.0. The zero-order valence-electron chi connectivity index (χ0n) is 17.9. The van der Waals surface area contributed by atoms with Crippen molar-refractivity contribution in [2.75, 3.05) is 11.9 Å². The number of nitrogens with one attached hydrogen (secondary N) is 1. The molecule has 2 aromatic carbocycles. The van der Waals surface area contributed by atoms with E-state index in [0.29, 0.717) is 12.5 Å². The summed E-state index contributed by atoms with van der Waals surface area (Å²) in [6.45, 7) is 4.68. The predicted octanol–water partition coefficient (Wildman–Crippen LogP) is 4.89. The van der Waals surface area contributed by atoms with Gasteiger partial charge in [-0.3, -0.25) is 4.98 Å². The van der Waals surface area contributed by atoms with Crippen LogP contribution in [0, 0.1) is 6.92 Å². The first-order valence-electron chi connectivity index (χ1n) is 10.4. The molecule has 0 bridgehead atoms. The third-order valence-electron chi connectivity index (χ3n) is 5.17. The smallest absolute Gasteiger partial charge is 0.223 e. The Kier molecular flexibility index (Phi) is 6.05. The lowest BCUT2D eigenvalue weighted by molar-refractivity contribution is 0.490. The molecule has 4 aromatic rings. The highest BCUT2D eigenvalue weighted by molar-refractivity contribution is 5.80. The fourth-order valence-corrected chi connectivity index (χ4v) is 3.63. The van der Waals surface area contributed by atoms with Crippen molar-refractivity contribution < 1.29 is 0 Å². The maximum atomic E-state index is 6.56. The van der Waals surface area contributed by atoms with Crippen LogP contribution >= 0.6 is 0 Å². The molecule has 31 heavy (non-hydrogen) atoms. The van der Waals surface area contributed by atoms with Crippen LogP contribution in [0.25, 0.3) is 22.4 Å². The van der Waals surface area contributed by atoms with Crippen molar-refractivity contribution in [1.29, 1.82) is 0 Å². The number of hydrogen-bond donors (Lipinski definition) is 2. The van der Waals surface area contributed by atoms with E-state index in [1.165, 1.54) is 11.1 Å². The van der Waals surface area contributed by atoms with Gasteiger partial charge in [-0.1, -0.05) is 60.2 Å². The minimum Gasteiger partial charge on any atom is -0.352 e. The highest BCUT2D eigenvalue weighted by Crippen LogP contribution is 2.31. The Morgan fingerprint density at radius 3 is 2.45 bits per heavy atom. The van der Waals surface area contributed by atoms with E-state index in [9.17, 15) is 0 Å². The highest BCUT2D eigenvalue weighted by Gasteiger charge is 2.20. The van der Waals surface area contributed by atoms with Crippen molar-refractivity contribution in [2.24, 2.45) is 5.73 Å². The number of nitrogens with zero attached hydrogens (tertiary/aromatic N) is 3. The van der Waals surface area contributed by atoms with Gasteiger partial charge in [0, 0.05) is 41.8 Å². The van der Waals surface area contributed by atoms with Crippen molar-refractivity contribution in [3.63, 3.8) is 0 Å². The van der Waals surface area contributed by atoms with Crippen molar-refractivity contribution >= 4 is 5.95 Å². The summed E-state index contributed by atoms with van der Waals surface area (Å²) in [7, 11) is 0. The molecule has 5 heteroatoms. The number of pyridine rings is 1. The second kappa shape index (κ2) is 9.06. The lowest BCUT2D eigenvalue weighted by Gasteiger charge is -2.25. The number of aromatic nitrogens is 3. The van der Waals surface area contributed by atoms with Crippen molar-refractivity contribution in [1.82, 2.24) is 15.0 Å². The van der Waals surface area contributed by atoms with Crippen LogP contribution < -0.4 is 11.1 Å². The fourth-order valence-electron chi connectivity index (χ4n) is 3.63. The zero-order valence-corrected chi connectivity index (χ0v) is 17.9. The number of rotatable bonds is 7. The summed E-state index contributed by atoms with van der Waals surface area (Å²) >= 11 is 0. The summed E-state index contributed by atoms with van der Waals surface area (Å²) in [6, 6.07) is 22.6. The minimum absolute atomic E-state index is 0.434. The van der Waals surface area contributed by atoms with Gasteiger partial charge in [-0.05, 0) is 43.5 Å². The van der Waals surface area contributed by atoms with Gasteiger partial charge < -0.3 is 11.1 Å². The molecule has 0 saturated heterocycles. The first-order valence-corrected chi connectivity index (χ1v) is 10.4. The molecule has 1 unspecified atom stereocenters. The fraction of sp³-hybridized carbons (Fsp3) is 0.192. The minimum atomic E-state index is -0.434. The van der Waals surface area contributed by atoms with E-state index < -0.39 is 5.54 Å². The lowest BCUT2D eigenvalue weighted by Crippen LogP contribution is -2.45. The third kappa shape index (κ3) is 5.32. The summed E-state index contributed by atoms with van der Waals surface area (Å²) in [5, 5.41) is 3.34. The SMILES string of the molecule is Cc1cccc(-c2cnc(NCC(C)(N)Cc3ccccc3)nc2-c2ccncc2)c1. The Bertz CT molecular complexity index is 1140. The first kappa shape index (κ1) is 20.7. The molecular weight excluding hydrogens is 382 g/mol. The molecule has 0 spiro atoms. The Morgan fingerprint density at radius 1 is 0.935 bits per heavy atom. The molecular formula is C26H27N5. The summed E-state index contributed by atoms with van der Waals surface area (Å²) < 4.78 is 0. The molecule has 0 aliphatic carbocycles. The van der Waals surface area contributed by atoms with Crippen LogP contribution in [0.3, 0.4) is 0 Å². The normalized spacial score (nSPS) is 12.9. The highest BCUT2D eigenvalue weighted by atomic mass is 15.1. The van der Waals surface area contributed by atoms with Crippen LogP contribution in [0.4, 0.5) is 5.95 Å². The van der Waals surface area contributed by atoms with E-state index in [-0.39, 0.29) is 0 Å². The van der Waals surface area contributed by atoms with E-state index in [1.54, 1.807) is 12.4 Å². The van der Waals surface area contributed by atoms with Gasteiger partial charge in [0.05, 0.1) is 5.69 Å². The predicted molar refractivity (Wildman–Crippen MR) is 127 cm³/mol. The number of anilines is 1. The van der Waals surface area contributed by atoms with Gasteiger partial charge in [-0.15, -0.1) is 0 Å². The van der Waals surface area contributed by atoms with Gasteiger partial charge in [0.1, 0.15) is 0 Å². The molecule has 1 atom stereocenters. The van der Waals surface area contributed by atoms with Crippen LogP contribution in [0.1, 0.15) is 18.1 Å². The molecule has 156 valence electrons. The summed E-state index contributed by atoms with van der Waals surface area (Å²) in [5.74, 6) is 0.563. The van der Waals surface area contributed by atoms with Gasteiger partial charge in [0.15, 0.2) is 0 Å². The standard InChI is InChI=1S/C26H27N5/c1-19-7-6-10-22(15-19)23-17-29-25(31-24(23)21-11-13-28-14-12-21)30-18-26(2,27)16-20-8-4-3-5-9-20/h3-15,17H,16,18,27H2,1-2H3,(H,29,30,31). The average Bonchev–Trinajstić information content (AvgIpc) is 2.79. The molecule has 5 nitrogen and oxygen atoms in total. The van der Waals surface area contributed by atoms with E-state index in [1.807, 2.05) is 43.5 Å². The van der Waals surface area contributed by atoms with E-state index in [4.69, 9.17) is 10.7 Å². The Labute approximate surface area is 183 Å². The quantitative estimate of drug-likeness (QED) is 0.455. The molecule has 0 fully saturated rings. The van der Waals surface area contributed by atoms with Crippen LogP contribution in [0.2, 0.25) is 0 Å². The number of aryl methyl sites for hydroxylation is 1. The second-order valence-corrected chi connectivity index (χ2v) is 8.23. The summed E-state index contributed by atoms with van der Waals surface area (Å²) in [5.41, 5.74) is 12.5. The number of nitrogens with two attached hydrogens (primary N) is 1. The van der Waals surface area contributed by atoms with Gasteiger partial charge in [-0.25, -0.2) is 9.97 Å². The van der Waals surface area contributed by atoms with Crippen molar-refractivity contribution in [2.45, 2.75) is 25.8 Å². The number of benzene rings is 2. The molecule has 2 aromatic heterocycles. The van der Waals surface area contributed by atoms with Gasteiger partial charge in [-0.2, -0.15) is 0 Å². The largest absolute Gasteiger partial charge is 0.352 e. The van der Waals surface area contributed by atoms with E-state index in [0.717, 1.165) is 28.8 Å². The zero-order chi connectivity index (χ0) is 21.7. The molecule has 0 radical (unpaired) electrons. The molecule has 3 N–H and O–H groups in total. The topological polar surface area (TPSA) is 76.7 Å². The Morgan fingerprint density at radius 2 is 1.71 bits per heavy atom. The van der Waals surface area contributed by atoms with E-state index >= 15 is 0 Å². The molecule has 0 saturated carbocycles. The summed E-state index contributed by atoms with van der Waals surface area (Å²) in [6.07, 6.45) is 6.20. The van der Waals surface area contributed by atoms with Crippen LogP contribution in [-0.4, -0.2) is 27.0 Å². The Hall–Kier alpha value is -3.57. The molecule has 2 heterocycles. The maximum absolute atomic E-state index is 6.56. The van der Waals surface area contributed by atoms with Crippen LogP contribution in [0.5, 0.6) is 0 Å². The molecule has 0 aliphatic heterocycles. The Balaban J connectivity index is 1.61. The molecule has 0 amide bonds. The maximum Gasteiger partial charge on any atom is 0.223 e. The third-order valence-corrected chi connectivity index (χ3v) is 5.17. The van der Waals surface area contributed by atoms with Crippen LogP contribution in [0.15, 0.2) is 85.3 Å². The average molecular weight is 410 g/mol.